The molecule has 2 rings (SSSR count). The number of ether oxygens (including phenoxy) is 1. The molecule has 0 radical (unpaired) electrons. The Hall–Kier alpha value is -1.06. The molecule has 0 saturated heterocycles. The predicted molar refractivity (Wildman–Crippen MR) is 86.9 cm³/mol. The highest BCUT2D eigenvalue weighted by atomic mass is 16.5. The lowest BCUT2D eigenvalue weighted by molar-refractivity contribution is 0.0930. The molecule has 1 aliphatic carbocycles. The molecule has 1 aliphatic rings. The molecule has 1 fully saturated rings. The van der Waals surface area contributed by atoms with Crippen LogP contribution in [0, 0.1) is 13.8 Å². The largest absolute Gasteiger partial charge is 0.491 e. The Bertz CT molecular complexity index is 432. The summed E-state index contributed by atoms with van der Waals surface area (Å²) in [5.74, 6) is 0.843. The van der Waals surface area contributed by atoms with Gasteiger partial charge in [-0.1, -0.05) is 25.3 Å². The molecule has 0 heterocycles. The standard InChI is InChI=1S/C18H29NO2/c1-14-9-15(2)11-17(10-14)21-13-16(20)12-19-18(3)7-5-4-6-8-18/h9-11,16,19-20H,4-8,12-13H2,1-3H3. The van der Waals surface area contributed by atoms with Gasteiger partial charge in [-0.25, -0.2) is 0 Å². The van der Waals surface area contributed by atoms with E-state index in [0.717, 1.165) is 5.75 Å². The van der Waals surface area contributed by atoms with Gasteiger partial charge in [0, 0.05) is 12.1 Å². The molecule has 3 nitrogen and oxygen atoms in total. The average molecular weight is 291 g/mol. The summed E-state index contributed by atoms with van der Waals surface area (Å²) >= 11 is 0. The zero-order valence-electron chi connectivity index (χ0n) is 13.6. The van der Waals surface area contributed by atoms with E-state index >= 15 is 0 Å². The van der Waals surface area contributed by atoms with Crippen molar-refractivity contribution in [1.29, 1.82) is 0 Å². The van der Waals surface area contributed by atoms with Crippen molar-refractivity contribution in [1.82, 2.24) is 5.32 Å². The average Bonchev–Trinajstić information content (AvgIpc) is 2.43. The van der Waals surface area contributed by atoms with E-state index in [1.165, 1.54) is 43.2 Å². The molecule has 1 saturated carbocycles. The van der Waals surface area contributed by atoms with Crippen LogP contribution in [0.5, 0.6) is 5.75 Å². The Morgan fingerprint density at radius 2 is 1.76 bits per heavy atom. The van der Waals surface area contributed by atoms with E-state index in [0.29, 0.717) is 13.2 Å². The van der Waals surface area contributed by atoms with Crippen molar-refractivity contribution in [2.24, 2.45) is 0 Å². The van der Waals surface area contributed by atoms with Crippen LogP contribution in [-0.2, 0) is 0 Å². The number of rotatable bonds is 6. The van der Waals surface area contributed by atoms with E-state index in [-0.39, 0.29) is 5.54 Å². The van der Waals surface area contributed by atoms with Gasteiger partial charge in [-0.05, 0) is 56.9 Å². The Balaban J connectivity index is 1.75. The number of hydrogen-bond donors (Lipinski definition) is 2. The third-order valence-electron chi connectivity index (χ3n) is 4.36. The fraction of sp³-hybridized carbons (Fsp3) is 0.667. The van der Waals surface area contributed by atoms with E-state index in [2.05, 4.69) is 32.2 Å². The minimum absolute atomic E-state index is 0.194. The van der Waals surface area contributed by atoms with Crippen molar-refractivity contribution in [2.75, 3.05) is 13.2 Å². The molecule has 118 valence electrons. The van der Waals surface area contributed by atoms with Crippen LogP contribution in [0.3, 0.4) is 0 Å². The molecule has 0 spiro atoms. The van der Waals surface area contributed by atoms with Crippen LogP contribution in [0.15, 0.2) is 18.2 Å². The predicted octanol–water partition coefficient (Wildman–Crippen LogP) is 3.36. The van der Waals surface area contributed by atoms with Gasteiger partial charge in [0.25, 0.3) is 0 Å². The number of aryl methyl sites for hydroxylation is 2. The first-order chi connectivity index (χ1) is 9.97. The van der Waals surface area contributed by atoms with Gasteiger partial charge in [0.1, 0.15) is 18.5 Å². The van der Waals surface area contributed by atoms with Crippen molar-refractivity contribution >= 4 is 0 Å². The van der Waals surface area contributed by atoms with Crippen molar-refractivity contribution in [2.45, 2.75) is 64.5 Å². The van der Waals surface area contributed by atoms with Gasteiger partial charge in [-0.15, -0.1) is 0 Å². The van der Waals surface area contributed by atoms with E-state index in [1.807, 2.05) is 12.1 Å². The van der Waals surface area contributed by atoms with Crippen LogP contribution >= 0.6 is 0 Å². The molecule has 0 aromatic heterocycles. The first kappa shape index (κ1) is 16.3. The zero-order valence-corrected chi connectivity index (χ0v) is 13.6. The number of aliphatic hydroxyl groups is 1. The number of hydrogen-bond acceptors (Lipinski definition) is 3. The molecular weight excluding hydrogens is 262 g/mol. The van der Waals surface area contributed by atoms with Gasteiger partial charge in [0.2, 0.25) is 0 Å². The zero-order chi connectivity index (χ0) is 15.3. The second-order valence-electron chi connectivity index (χ2n) is 6.79. The van der Waals surface area contributed by atoms with Crippen LogP contribution in [0.4, 0.5) is 0 Å². The molecular formula is C18H29NO2. The first-order valence-corrected chi connectivity index (χ1v) is 8.11. The highest BCUT2D eigenvalue weighted by Crippen LogP contribution is 2.27. The number of β-amino-alcohol motifs (C(OH)–C–C–N with tert-alkyl or cyclic N) is 1. The van der Waals surface area contributed by atoms with Crippen molar-refractivity contribution in [3.8, 4) is 5.75 Å². The third kappa shape index (κ3) is 5.33. The second-order valence-corrected chi connectivity index (χ2v) is 6.79. The Morgan fingerprint density at radius 1 is 1.14 bits per heavy atom. The van der Waals surface area contributed by atoms with Gasteiger partial charge in [0.05, 0.1) is 0 Å². The fourth-order valence-electron chi connectivity index (χ4n) is 3.14. The van der Waals surface area contributed by atoms with Crippen LogP contribution in [0.25, 0.3) is 0 Å². The topological polar surface area (TPSA) is 41.5 Å². The lowest BCUT2D eigenvalue weighted by atomic mass is 9.83. The molecule has 3 heteroatoms. The third-order valence-corrected chi connectivity index (χ3v) is 4.36. The lowest BCUT2D eigenvalue weighted by Gasteiger charge is -2.35. The number of benzene rings is 1. The van der Waals surface area contributed by atoms with Crippen molar-refractivity contribution < 1.29 is 9.84 Å². The molecule has 1 aromatic carbocycles. The monoisotopic (exact) mass is 291 g/mol. The van der Waals surface area contributed by atoms with Gasteiger partial charge < -0.3 is 15.2 Å². The molecule has 21 heavy (non-hydrogen) atoms. The van der Waals surface area contributed by atoms with Crippen LogP contribution in [-0.4, -0.2) is 29.9 Å². The minimum atomic E-state index is -0.468. The molecule has 0 aliphatic heterocycles. The fourth-order valence-corrected chi connectivity index (χ4v) is 3.14. The number of nitrogens with one attached hydrogen (secondary N) is 1. The van der Waals surface area contributed by atoms with Crippen LogP contribution in [0.2, 0.25) is 0 Å². The summed E-state index contributed by atoms with van der Waals surface area (Å²) in [7, 11) is 0. The smallest absolute Gasteiger partial charge is 0.119 e. The molecule has 0 bridgehead atoms. The van der Waals surface area contributed by atoms with Crippen molar-refractivity contribution in [3.63, 3.8) is 0 Å². The SMILES string of the molecule is Cc1cc(C)cc(OCC(O)CNC2(C)CCCCC2)c1. The summed E-state index contributed by atoms with van der Waals surface area (Å²) in [6.07, 6.45) is 5.87. The molecule has 1 aromatic rings. The van der Waals surface area contributed by atoms with Crippen LogP contribution < -0.4 is 10.1 Å². The quantitative estimate of drug-likeness (QED) is 0.844. The molecule has 1 unspecified atom stereocenters. The van der Waals surface area contributed by atoms with E-state index in [9.17, 15) is 5.11 Å². The molecule has 2 N–H and O–H groups in total. The van der Waals surface area contributed by atoms with Crippen LogP contribution in [0.1, 0.15) is 50.2 Å². The van der Waals surface area contributed by atoms with E-state index < -0.39 is 6.10 Å². The summed E-state index contributed by atoms with van der Waals surface area (Å²) in [4.78, 5) is 0. The highest BCUT2D eigenvalue weighted by molar-refractivity contribution is 5.32. The van der Waals surface area contributed by atoms with Gasteiger partial charge in [-0.2, -0.15) is 0 Å². The number of aliphatic hydroxyl groups excluding tert-OH is 1. The summed E-state index contributed by atoms with van der Waals surface area (Å²) < 4.78 is 5.71. The Morgan fingerprint density at radius 3 is 2.38 bits per heavy atom. The summed E-state index contributed by atoms with van der Waals surface area (Å²) in [6.45, 7) is 7.32. The summed E-state index contributed by atoms with van der Waals surface area (Å²) in [5, 5.41) is 13.6. The van der Waals surface area contributed by atoms with Gasteiger partial charge in [-0.3, -0.25) is 0 Å². The summed E-state index contributed by atoms with van der Waals surface area (Å²) in [5.41, 5.74) is 2.57. The van der Waals surface area contributed by atoms with Gasteiger partial charge >= 0.3 is 0 Å². The molecule has 0 amide bonds. The maximum Gasteiger partial charge on any atom is 0.119 e. The summed E-state index contributed by atoms with van der Waals surface area (Å²) in [6, 6.07) is 6.14. The normalized spacial score (nSPS) is 19.2. The Labute approximate surface area is 128 Å². The van der Waals surface area contributed by atoms with E-state index in [4.69, 9.17) is 4.74 Å². The maximum absolute atomic E-state index is 10.1. The highest BCUT2D eigenvalue weighted by Gasteiger charge is 2.26. The van der Waals surface area contributed by atoms with Gasteiger partial charge in [0.15, 0.2) is 0 Å². The van der Waals surface area contributed by atoms with E-state index in [1.54, 1.807) is 0 Å². The molecule has 1 atom stereocenters. The minimum Gasteiger partial charge on any atom is -0.491 e. The lowest BCUT2D eigenvalue weighted by Crippen LogP contribution is -2.48. The first-order valence-electron chi connectivity index (χ1n) is 8.11. The van der Waals surface area contributed by atoms with Crippen molar-refractivity contribution in [3.05, 3.63) is 29.3 Å². The second kappa shape index (κ2) is 7.28. The Kier molecular flexibility index (Phi) is 5.65. The maximum atomic E-state index is 10.1.